The van der Waals surface area contributed by atoms with E-state index in [4.69, 9.17) is 5.11 Å². The number of aliphatic hydroxyl groups excluding tert-OH is 1. The average molecular weight is 306 g/mol. The smallest absolute Gasteiger partial charge is 0.317 e. The van der Waals surface area contributed by atoms with Gasteiger partial charge < -0.3 is 15.3 Å². The van der Waals surface area contributed by atoms with Gasteiger partial charge in [0.25, 0.3) is 0 Å². The fourth-order valence-electron chi connectivity index (χ4n) is 2.82. The number of aliphatic hydroxyl groups is 1. The molecule has 0 spiro atoms. The van der Waals surface area contributed by atoms with E-state index in [2.05, 4.69) is 34.3 Å². The zero-order valence-corrected chi connectivity index (χ0v) is 13.4. The number of nitrogens with zero attached hydrogens (tertiary/aromatic N) is 3. The highest BCUT2D eigenvalue weighted by Gasteiger charge is 2.25. The summed E-state index contributed by atoms with van der Waals surface area (Å²) in [6.45, 7) is 4.51. The van der Waals surface area contributed by atoms with Crippen molar-refractivity contribution in [3.05, 3.63) is 30.1 Å². The first-order valence-electron chi connectivity index (χ1n) is 7.88. The molecule has 1 saturated heterocycles. The van der Waals surface area contributed by atoms with Crippen LogP contribution in [0, 0.1) is 0 Å². The largest absolute Gasteiger partial charge is 0.395 e. The summed E-state index contributed by atoms with van der Waals surface area (Å²) in [6.07, 6.45) is 5.56. The first-order chi connectivity index (χ1) is 10.6. The maximum absolute atomic E-state index is 11.9. The van der Waals surface area contributed by atoms with Crippen molar-refractivity contribution in [2.75, 3.05) is 33.3 Å². The zero-order chi connectivity index (χ0) is 15.9. The van der Waals surface area contributed by atoms with E-state index >= 15 is 0 Å². The number of amides is 2. The number of hydrogen-bond donors (Lipinski definition) is 2. The van der Waals surface area contributed by atoms with Crippen molar-refractivity contribution in [1.82, 2.24) is 20.1 Å². The number of carbonyl (C=O) groups excluding carboxylic acids is 1. The van der Waals surface area contributed by atoms with E-state index in [9.17, 15) is 4.79 Å². The van der Waals surface area contributed by atoms with E-state index in [0.29, 0.717) is 12.6 Å². The van der Waals surface area contributed by atoms with Crippen LogP contribution in [-0.2, 0) is 0 Å². The van der Waals surface area contributed by atoms with Crippen LogP contribution in [0.1, 0.15) is 31.4 Å². The van der Waals surface area contributed by atoms with Crippen molar-refractivity contribution >= 4 is 6.03 Å². The molecule has 0 radical (unpaired) electrons. The fourth-order valence-corrected chi connectivity index (χ4v) is 2.82. The predicted molar refractivity (Wildman–Crippen MR) is 85.5 cm³/mol. The van der Waals surface area contributed by atoms with E-state index in [0.717, 1.165) is 25.9 Å². The topological polar surface area (TPSA) is 68.7 Å². The Labute approximate surface area is 132 Å². The number of rotatable bonds is 5. The lowest BCUT2D eigenvalue weighted by atomic mass is 10.0. The number of nitrogens with one attached hydrogen (secondary N) is 1. The van der Waals surface area contributed by atoms with E-state index in [-0.39, 0.29) is 18.7 Å². The van der Waals surface area contributed by atoms with Crippen LogP contribution >= 0.6 is 0 Å². The van der Waals surface area contributed by atoms with Crippen LogP contribution in [0.25, 0.3) is 0 Å². The highest BCUT2D eigenvalue weighted by Crippen LogP contribution is 2.23. The van der Waals surface area contributed by atoms with Gasteiger partial charge in [-0.3, -0.25) is 9.88 Å². The summed E-state index contributed by atoms with van der Waals surface area (Å²) in [4.78, 5) is 19.9. The summed E-state index contributed by atoms with van der Waals surface area (Å²) in [5, 5.41) is 11.9. The molecule has 2 N–H and O–H groups in total. The second-order valence-electron chi connectivity index (χ2n) is 5.86. The quantitative estimate of drug-likeness (QED) is 0.859. The molecule has 1 aliphatic rings. The maximum Gasteiger partial charge on any atom is 0.317 e. The van der Waals surface area contributed by atoms with E-state index in [1.54, 1.807) is 7.05 Å². The van der Waals surface area contributed by atoms with Gasteiger partial charge in [-0.2, -0.15) is 0 Å². The Balaban J connectivity index is 1.79. The molecule has 122 valence electrons. The molecule has 1 aliphatic heterocycles. The molecular formula is C16H26N4O2. The number of urea groups is 1. The Morgan fingerprint density at radius 3 is 2.68 bits per heavy atom. The van der Waals surface area contributed by atoms with Gasteiger partial charge in [0.15, 0.2) is 0 Å². The standard InChI is InChI=1S/C16H26N4O2/c1-13(14-3-7-17-8-4-14)20-9-5-15(6-10-20)18-16(22)19(2)11-12-21/h3-4,7-8,13,15,21H,5-6,9-12H2,1-2H3,(H,18,22). The summed E-state index contributed by atoms with van der Waals surface area (Å²) < 4.78 is 0. The molecule has 6 nitrogen and oxygen atoms in total. The minimum atomic E-state index is -0.102. The van der Waals surface area contributed by atoms with Crippen molar-refractivity contribution < 1.29 is 9.90 Å². The Morgan fingerprint density at radius 1 is 1.45 bits per heavy atom. The molecule has 2 amide bonds. The number of aromatic nitrogens is 1. The van der Waals surface area contributed by atoms with Crippen molar-refractivity contribution in [2.45, 2.75) is 31.8 Å². The van der Waals surface area contributed by atoms with Gasteiger partial charge >= 0.3 is 6.03 Å². The Kier molecular flexibility index (Phi) is 6.15. The van der Waals surface area contributed by atoms with Gasteiger partial charge in [-0.25, -0.2) is 4.79 Å². The number of piperidine rings is 1. The van der Waals surface area contributed by atoms with Crippen LogP contribution in [0.5, 0.6) is 0 Å². The van der Waals surface area contributed by atoms with Crippen molar-refractivity contribution in [1.29, 1.82) is 0 Å². The summed E-state index contributed by atoms with van der Waals surface area (Å²) in [5.41, 5.74) is 1.28. The van der Waals surface area contributed by atoms with Crippen LogP contribution in [0.15, 0.2) is 24.5 Å². The van der Waals surface area contributed by atoms with Gasteiger partial charge in [-0.05, 0) is 37.5 Å². The molecule has 1 aromatic rings. The van der Waals surface area contributed by atoms with Crippen LogP contribution in [0.4, 0.5) is 4.79 Å². The first-order valence-corrected chi connectivity index (χ1v) is 7.88. The zero-order valence-electron chi connectivity index (χ0n) is 13.4. The normalized spacial score (nSPS) is 18.0. The second-order valence-corrected chi connectivity index (χ2v) is 5.86. The molecule has 0 aromatic carbocycles. The molecule has 0 saturated carbocycles. The SMILES string of the molecule is CC(c1ccncc1)N1CCC(NC(=O)N(C)CCO)CC1. The Bertz CT molecular complexity index is 460. The van der Waals surface area contributed by atoms with Gasteiger partial charge in [-0.1, -0.05) is 0 Å². The summed E-state index contributed by atoms with van der Waals surface area (Å²) >= 11 is 0. The molecule has 1 atom stereocenters. The number of likely N-dealkylation sites (tertiary alicyclic amines) is 1. The number of carbonyl (C=O) groups is 1. The van der Waals surface area contributed by atoms with Gasteiger partial charge in [-0.15, -0.1) is 0 Å². The monoisotopic (exact) mass is 306 g/mol. The minimum absolute atomic E-state index is 0.00812. The molecule has 22 heavy (non-hydrogen) atoms. The molecule has 1 unspecified atom stereocenters. The van der Waals surface area contributed by atoms with Crippen molar-refractivity contribution in [3.8, 4) is 0 Å². The summed E-state index contributed by atoms with van der Waals surface area (Å²) in [7, 11) is 1.70. The molecule has 0 aliphatic carbocycles. The molecular weight excluding hydrogens is 280 g/mol. The summed E-state index contributed by atoms with van der Waals surface area (Å²) in [5.74, 6) is 0. The van der Waals surface area contributed by atoms with Crippen LogP contribution in [-0.4, -0.2) is 65.3 Å². The number of pyridine rings is 1. The highest BCUT2D eigenvalue weighted by molar-refractivity contribution is 5.74. The van der Waals surface area contributed by atoms with Crippen molar-refractivity contribution in [2.24, 2.45) is 0 Å². The lowest BCUT2D eigenvalue weighted by molar-refractivity contribution is 0.145. The van der Waals surface area contributed by atoms with E-state index in [1.165, 1.54) is 10.5 Å². The van der Waals surface area contributed by atoms with Gasteiger partial charge in [0, 0.05) is 51.2 Å². The predicted octanol–water partition coefficient (Wildman–Crippen LogP) is 1.24. The number of hydrogen-bond acceptors (Lipinski definition) is 4. The average Bonchev–Trinajstić information content (AvgIpc) is 2.56. The molecule has 6 heteroatoms. The third kappa shape index (κ3) is 4.42. The lowest BCUT2D eigenvalue weighted by Crippen LogP contribution is -2.49. The van der Waals surface area contributed by atoms with Crippen LogP contribution < -0.4 is 5.32 Å². The minimum Gasteiger partial charge on any atom is -0.395 e. The van der Waals surface area contributed by atoms with Crippen LogP contribution in [0.3, 0.4) is 0 Å². The highest BCUT2D eigenvalue weighted by atomic mass is 16.3. The third-order valence-corrected chi connectivity index (χ3v) is 4.38. The third-order valence-electron chi connectivity index (χ3n) is 4.38. The maximum atomic E-state index is 11.9. The van der Waals surface area contributed by atoms with Crippen molar-refractivity contribution in [3.63, 3.8) is 0 Å². The molecule has 0 bridgehead atoms. The molecule has 1 fully saturated rings. The van der Waals surface area contributed by atoms with Crippen LogP contribution in [0.2, 0.25) is 0 Å². The van der Waals surface area contributed by atoms with Gasteiger partial charge in [0.2, 0.25) is 0 Å². The van der Waals surface area contributed by atoms with Gasteiger partial charge in [0.05, 0.1) is 6.61 Å². The molecule has 2 heterocycles. The van der Waals surface area contributed by atoms with Gasteiger partial charge in [0.1, 0.15) is 0 Å². The van der Waals surface area contributed by atoms with E-state index < -0.39 is 0 Å². The van der Waals surface area contributed by atoms with E-state index in [1.807, 2.05) is 12.4 Å². The second kappa shape index (κ2) is 8.10. The Morgan fingerprint density at radius 2 is 2.09 bits per heavy atom. The lowest BCUT2D eigenvalue weighted by Gasteiger charge is -2.36. The molecule has 2 rings (SSSR count). The summed E-state index contributed by atoms with van der Waals surface area (Å²) in [6, 6.07) is 4.60. The first kappa shape index (κ1) is 16.7. The number of likely N-dealkylation sites (N-methyl/N-ethyl adjacent to an activating group) is 1. The molecule has 1 aromatic heterocycles. The fraction of sp³-hybridized carbons (Fsp3) is 0.625. The Hall–Kier alpha value is -1.66.